The number of nitrogens with one attached hydrogen (secondary N) is 3. The van der Waals surface area contributed by atoms with Gasteiger partial charge in [0.1, 0.15) is 0 Å². The minimum Gasteiger partial charge on any atom is -0.353 e. The molecule has 2 amide bonds. The van der Waals surface area contributed by atoms with Gasteiger partial charge in [0.05, 0.1) is 6.54 Å². The second-order valence-corrected chi connectivity index (χ2v) is 6.08. The average Bonchev–Trinajstić information content (AvgIpc) is 2.41. The van der Waals surface area contributed by atoms with E-state index in [1.807, 2.05) is 39.8 Å². The van der Waals surface area contributed by atoms with Crippen LogP contribution in [0.4, 0.5) is 0 Å². The molecule has 0 aromatic heterocycles. The predicted molar refractivity (Wildman–Crippen MR) is 84.3 cm³/mol. The molecule has 0 heterocycles. The molecule has 0 fully saturated rings. The summed E-state index contributed by atoms with van der Waals surface area (Å²) in [6, 6.07) is 7.37. The highest BCUT2D eigenvalue weighted by Gasteiger charge is 2.11. The topological polar surface area (TPSA) is 70.2 Å². The highest BCUT2D eigenvalue weighted by atomic mass is 16.2. The van der Waals surface area contributed by atoms with E-state index in [1.54, 1.807) is 12.1 Å². The van der Waals surface area contributed by atoms with Crippen molar-refractivity contribution in [1.29, 1.82) is 0 Å². The van der Waals surface area contributed by atoms with E-state index in [0.717, 1.165) is 5.56 Å². The Balaban J connectivity index is 2.20. The minimum absolute atomic E-state index is 0.0745. The third-order valence-electron chi connectivity index (χ3n) is 2.83. The minimum atomic E-state index is -0.128. The summed E-state index contributed by atoms with van der Waals surface area (Å²) in [4.78, 5) is 23.4. The smallest absolute Gasteiger partial charge is 0.251 e. The first-order valence-electron chi connectivity index (χ1n) is 7.14. The van der Waals surface area contributed by atoms with Gasteiger partial charge in [0.15, 0.2) is 0 Å². The summed E-state index contributed by atoms with van der Waals surface area (Å²) >= 11 is 0. The quantitative estimate of drug-likeness (QED) is 0.690. The fourth-order valence-electron chi connectivity index (χ4n) is 1.59. The molecule has 0 radical (unpaired) electrons. The van der Waals surface area contributed by atoms with Crippen molar-refractivity contribution >= 4 is 11.8 Å². The van der Waals surface area contributed by atoms with E-state index in [1.165, 1.54) is 0 Å². The lowest BCUT2D eigenvalue weighted by Gasteiger charge is -2.20. The van der Waals surface area contributed by atoms with Gasteiger partial charge in [-0.2, -0.15) is 0 Å². The Hall–Kier alpha value is -1.88. The van der Waals surface area contributed by atoms with Crippen molar-refractivity contribution < 1.29 is 9.59 Å². The second-order valence-electron chi connectivity index (χ2n) is 6.08. The van der Waals surface area contributed by atoms with Crippen LogP contribution in [0.1, 0.15) is 36.7 Å². The Bertz CT molecular complexity index is 475. The molecule has 1 aromatic carbocycles. The van der Waals surface area contributed by atoms with E-state index in [4.69, 9.17) is 0 Å². The number of aryl methyl sites for hydroxylation is 1. The van der Waals surface area contributed by atoms with Crippen LogP contribution < -0.4 is 16.0 Å². The molecule has 1 aromatic rings. The molecule has 5 nitrogen and oxygen atoms in total. The van der Waals surface area contributed by atoms with Crippen molar-refractivity contribution in [2.45, 2.75) is 33.2 Å². The second kappa shape index (κ2) is 7.78. The molecule has 0 atom stereocenters. The predicted octanol–water partition coefficient (Wildman–Crippen LogP) is 1.23. The number of carbonyl (C=O) groups is 2. The van der Waals surface area contributed by atoms with Crippen LogP contribution in [0.25, 0.3) is 0 Å². The Labute approximate surface area is 126 Å². The summed E-state index contributed by atoms with van der Waals surface area (Å²) in [6.07, 6.45) is 0. The van der Waals surface area contributed by atoms with Gasteiger partial charge in [0, 0.05) is 24.2 Å². The summed E-state index contributed by atoms with van der Waals surface area (Å²) in [6.45, 7) is 9.08. The third-order valence-corrected chi connectivity index (χ3v) is 2.83. The Morgan fingerprint density at radius 3 is 2.14 bits per heavy atom. The van der Waals surface area contributed by atoms with Gasteiger partial charge in [-0.1, -0.05) is 17.7 Å². The van der Waals surface area contributed by atoms with Gasteiger partial charge < -0.3 is 16.0 Å². The van der Waals surface area contributed by atoms with Crippen LogP contribution in [0.3, 0.4) is 0 Å². The normalized spacial score (nSPS) is 11.0. The van der Waals surface area contributed by atoms with Crippen LogP contribution in [-0.4, -0.2) is 37.0 Å². The van der Waals surface area contributed by atoms with E-state index in [0.29, 0.717) is 18.7 Å². The lowest BCUT2D eigenvalue weighted by molar-refractivity contribution is -0.120. The Kier molecular flexibility index (Phi) is 6.37. The summed E-state index contributed by atoms with van der Waals surface area (Å²) in [5.41, 5.74) is 1.66. The summed E-state index contributed by atoms with van der Waals surface area (Å²) < 4.78 is 0. The van der Waals surface area contributed by atoms with Crippen LogP contribution in [0.15, 0.2) is 24.3 Å². The van der Waals surface area contributed by atoms with Crippen molar-refractivity contribution in [3.05, 3.63) is 35.4 Å². The Morgan fingerprint density at radius 1 is 1.00 bits per heavy atom. The third kappa shape index (κ3) is 7.46. The molecule has 0 bridgehead atoms. The van der Waals surface area contributed by atoms with E-state index in [-0.39, 0.29) is 23.9 Å². The number of rotatable bonds is 6. The Morgan fingerprint density at radius 2 is 1.57 bits per heavy atom. The van der Waals surface area contributed by atoms with Gasteiger partial charge in [0.25, 0.3) is 5.91 Å². The zero-order valence-electron chi connectivity index (χ0n) is 13.2. The maximum Gasteiger partial charge on any atom is 0.251 e. The van der Waals surface area contributed by atoms with E-state index < -0.39 is 0 Å². The largest absolute Gasteiger partial charge is 0.353 e. The standard InChI is InChI=1S/C16H25N3O2/c1-12-5-7-13(8-6-12)15(21)18-10-9-17-14(20)11-19-16(2,3)4/h5-8,19H,9-11H2,1-4H3,(H,17,20)(H,18,21). The number of carbonyl (C=O) groups excluding carboxylic acids is 2. The van der Waals surface area contributed by atoms with Crippen molar-refractivity contribution in [3.8, 4) is 0 Å². The van der Waals surface area contributed by atoms with Gasteiger partial charge in [-0.3, -0.25) is 9.59 Å². The number of hydrogen-bond donors (Lipinski definition) is 3. The van der Waals surface area contributed by atoms with Crippen LogP contribution >= 0.6 is 0 Å². The molecule has 0 unspecified atom stereocenters. The van der Waals surface area contributed by atoms with Crippen molar-refractivity contribution in [3.63, 3.8) is 0 Å². The summed E-state index contributed by atoms with van der Waals surface area (Å²) in [5, 5.41) is 8.63. The lowest BCUT2D eigenvalue weighted by Crippen LogP contribution is -2.44. The van der Waals surface area contributed by atoms with E-state index >= 15 is 0 Å². The summed E-state index contributed by atoms with van der Waals surface area (Å²) in [7, 11) is 0. The van der Waals surface area contributed by atoms with Crippen molar-refractivity contribution in [2.24, 2.45) is 0 Å². The maximum absolute atomic E-state index is 11.8. The van der Waals surface area contributed by atoms with Gasteiger partial charge in [-0.15, -0.1) is 0 Å². The fourth-order valence-corrected chi connectivity index (χ4v) is 1.59. The molecule has 3 N–H and O–H groups in total. The van der Waals surface area contributed by atoms with Crippen molar-refractivity contribution in [2.75, 3.05) is 19.6 Å². The first-order valence-corrected chi connectivity index (χ1v) is 7.14. The van der Waals surface area contributed by atoms with Crippen LogP contribution in [-0.2, 0) is 4.79 Å². The fraction of sp³-hybridized carbons (Fsp3) is 0.500. The molecule has 5 heteroatoms. The SMILES string of the molecule is Cc1ccc(C(=O)NCCNC(=O)CNC(C)(C)C)cc1. The average molecular weight is 291 g/mol. The van der Waals surface area contributed by atoms with Gasteiger partial charge >= 0.3 is 0 Å². The van der Waals surface area contributed by atoms with Crippen molar-refractivity contribution in [1.82, 2.24) is 16.0 Å². The monoisotopic (exact) mass is 291 g/mol. The van der Waals surface area contributed by atoms with Gasteiger partial charge in [-0.25, -0.2) is 0 Å². The molecular formula is C16H25N3O2. The van der Waals surface area contributed by atoms with E-state index in [9.17, 15) is 9.59 Å². The molecule has 0 aliphatic rings. The molecule has 1 rings (SSSR count). The molecule has 0 aliphatic heterocycles. The molecule has 0 saturated heterocycles. The maximum atomic E-state index is 11.8. The zero-order chi connectivity index (χ0) is 15.9. The van der Waals surface area contributed by atoms with Crippen LogP contribution in [0.2, 0.25) is 0 Å². The highest BCUT2D eigenvalue weighted by Crippen LogP contribution is 2.02. The molecule has 0 saturated carbocycles. The van der Waals surface area contributed by atoms with Crippen LogP contribution in [0.5, 0.6) is 0 Å². The molecule has 116 valence electrons. The number of amides is 2. The molecule has 0 spiro atoms. The molecular weight excluding hydrogens is 266 g/mol. The number of benzene rings is 1. The first-order chi connectivity index (χ1) is 9.78. The molecule has 21 heavy (non-hydrogen) atoms. The number of hydrogen-bond acceptors (Lipinski definition) is 3. The van der Waals surface area contributed by atoms with E-state index in [2.05, 4.69) is 16.0 Å². The van der Waals surface area contributed by atoms with Crippen LogP contribution in [0, 0.1) is 6.92 Å². The zero-order valence-corrected chi connectivity index (χ0v) is 13.2. The van der Waals surface area contributed by atoms with Gasteiger partial charge in [0.2, 0.25) is 5.91 Å². The lowest BCUT2D eigenvalue weighted by atomic mass is 10.1. The summed E-state index contributed by atoms with van der Waals surface area (Å²) in [5.74, 6) is -0.202. The molecule has 0 aliphatic carbocycles. The first kappa shape index (κ1) is 17.2. The highest BCUT2D eigenvalue weighted by molar-refractivity contribution is 5.94. The van der Waals surface area contributed by atoms with Gasteiger partial charge in [-0.05, 0) is 39.8 Å².